The summed E-state index contributed by atoms with van der Waals surface area (Å²) in [6.45, 7) is 28.8. The van der Waals surface area contributed by atoms with E-state index in [1.807, 2.05) is 0 Å². The lowest BCUT2D eigenvalue weighted by Crippen LogP contribution is -2.12. The highest BCUT2D eigenvalue weighted by Gasteiger charge is 2.23. The maximum atomic E-state index is 2.60. The maximum Gasteiger partial charge on any atom is -0.0187 e. The molecule has 0 radical (unpaired) electrons. The summed E-state index contributed by atoms with van der Waals surface area (Å²) in [5.74, 6) is 3.72. The summed E-state index contributed by atoms with van der Waals surface area (Å²) in [7, 11) is 0. The summed E-state index contributed by atoms with van der Waals surface area (Å²) in [6, 6.07) is 10.4. The first-order valence-electron chi connectivity index (χ1n) is 16.4. The summed E-state index contributed by atoms with van der Waals surface area (Å²) in [5, 5.41) is 0. The fraction of sp³-hybridized carbons (Fsp3) is 0.684. The van der Waals surface area contributed by atoms with Gasteiger partial charge in [0.2, 0.25) is 0 Å². The van der Waals surface area contributed by atoms with Gasteiger partial charge in [-0.2, -0.15) is 0 Å². The van der Waals surface area contributed by atoms with Crippen LogP contribution in [0.25, 0.3) is 0 Å². The molecule has 0 N–H and O–H groups in total. The van der Waals surface area contributed by atoms with Gasteiger partial charge in [-0.05, 0) is 131 Å². The molecule has 2 rings (SSSR count). The van der Waals surface area contributed by atoms with Gasteiger partial charge in [0.1, 0.15) is 0 Å². The van der Waals surface area contributed by atoms with E-state index in [9.17, 15) is 0 Å². The van der Waals surface area contributed by atoms with Gasteiger partial charge in [0.25, 0.3) is 0 Å². The number of rotatable bonds is 15. The Balaban J connectivity index is 2.61. The van der Waals surface area contributed by atoms with Crippen LogP contribution >= 0.6 is 0 Å². The first-order chi connectivity index (χ1) is 18.1. The van der Waals surface area contributed by atoms with Gasteiger partial charge in [-0.15, -0.1) is 0 Å². The molecule has 0 aromatic heterocycles. The van der Waals surface area contributed by atoms with Crippen LogP contribution in [-0.2, 0) is 12.8 Å². The van der Waals surface area contributed by atoms with E-state index in [4.69, 9.17) is 0 Å². The van der Waals surface area contributed by atoms with Gasteiger partial charge in [0.15, 0.2) is 0 Å². The van der Waals surface area contributed by atoms with E-state index in [0.29, 0.717) is 35.5 Å². The molecule has 0 heterocycles. The third-order valence-corrected chi connectivity index (χ3v) is 10.1. The minimum Gasteiger partial charge on any atom is -0.0648 e. The number of benzene rings is 2. The molecular formula is C38H62. The van der Waals surface area contributed by atoms with E-state index in [1.54, 1.807) is 44.5 Å². The fourth-order valence-corrected chi connectivity index (χ4v) is 6.16. The molecule has 0 fully saturated rings. The lowest BCUT2D eigenvalue weighted by Gasteiger charge is -2.28. The van der Waals surface area contributed by atoms with Crippen LogP contribution in [0.5, 0.6) is 0 Å². The molecule has 6 unspecified atom stereocenters. The van der Waals surface area contributed by atoms with Crippen LogP contribution in [0.1, 0.15) is 202 Å². The van der Waals surface area contributed by atoms with Crippen molar-refractivity contribution in [2.45, 2.75) is 170 Å². The molecule has 0 saturated carbocycles. The van der Waals surface area contributed by atoms with E-state index in [0.717, 1.165) is 12.8 Å². The van der Waals surface area contributed by atoms with Gasteiger partial charge in [-0.1, -0.05) is 107 Å². The quantitative estimate of drug-likeness (QED) is 0.220. The second-order valence-corrected chi connectivity index (χ2v) is 12.7. The zero-order valence-corrected chi connectivity index (χ0v) is 27.4. The van der Waals surface area contributed by atoms with Crippen molar-refractivity contribution < 1.29 is 0 Å². The molecule has 0 aliphatic carbocycles. The number of hydrogen-bond acceptors (Lipinski definition) is 0. The average Bonchev–Trinajstić information content (AvgIpc) is 2.96. The first kappa shape index (κ1) is 32.7. The van der Waals surface area contributed by atoms with Gasteiger partial charge in [0.05, 0.1) is 0 Å². The fourth-order valence-electron chi connectivity index (χ4n) is 6.16. The Hall–Kier alpha value is -1.56. The minimum atomic E-state index is 0.616. The molecule has 0 nitrogen and oxygen atoms in total. The van der Waals surface area contributed by atoms with Gasteiger partial charge < -0.3 is 0 Å². The van der Waals surface area contributed by atoms with Gasteiger partial charge in [-0.25, -0.2) is 0 Å². The van der Waals surface area contributed by atoms with Crippen molar-refractivity contribution >= 4 is 0 Å². The topological polar surface area (TPSA) is 0 Å². The predicted octanol–water partition coefficient (Wildman–Crippen LogP) is 12.6. The highest BCUT2D eigenvalue weighted by atomic mass is 14.3. The molecule has 6 atom stereocenters. The molecule has 2 aromatic carbocycles. The molecule has 2 aromatic rings. The van der Waals surface area contributed by atoms with Crippen molar-refractivity contribution in [2.75, 3.05) is 0 Å². The van der Waals surface area contributed by atoms with Crippen LogP contribution in [0.15, 0.2) is 24.3 Å². The average molecular weight is 519 g/mol. The molecule has 0 aliphatic rings. The van der Waals surface area contributed by atoms with Crippen LogP contribution in [0.4, 0.5) is 0 Å². The lowest BCUT2D eigenvalue weighted by molar-refractivity contribution is 0.640. The van der Waals surface area contributed by atoms with E-state index >= 15 is 0 Å². The van der Waals surface area contributed by atoms with Gasteiger partial charge in [-0.3, -0.25) is 0 Å². The Kier molecular flexibility index (Phi) is 13.1. The molecule has 0 bridgehead atoms. The second-order valence-electron chi connectivity index (χ2n) is 12.7. The molecule has 214 valence electrons. The van der Waals surface area contributed by atoms with Crippen LogP contribution in [-0.4, -0.2) is 0 Å². The Bertz CT molecular complexity index is 852. The Morgan fingerprint density at radius 3 is 0.763 bits per heavy atom. The van der Waals surface area contributed by atoms with Crippen molar-refractivity contribution in [2.24, 2.45) is 0 Å². The molecule has 0 aliphatic heterocycles. The number of hydrogen-bond donors (Lipinski definition) is 0. The van der Waals surface area contributed by atoms with Crippen molar-refractivity contribution in [3.8, 4) is 0 Å². The molecule has 0 amide bonds. The second kappa shape index (κ2) is 15.3. The van der Waals surface area contributed by atoms with Crippen LogP contribution in [0.2, 0.25) is 0 Å². The van der Waals surface area contributed by atoms with E-state index < -0.39 is 0 Å². The third kappa shape index (κ3) is 7.55. The monoisotopic (exact) mass is 518 g/mol. The van der Waals surface area contributed by atoms with E-state index in [1.165, 1.54) is 38.5 Å². The van der Waals surface area contributed by atoms with Crippen molar-refractivity contribution in [3.05, 3.63) is 68.8 Å². The first-order valence-corrected chi connectivity index (χ1v) is 16.4. The summed E-state index contributed by atoms with van der Waals surface area (Å²) >= 11 is 0. The predicted molar refractivity (Wildman–Crippen MR) is 173 cm³/mol. The van der Waals surface area contributed by atoms with Crippen LogP contribution in [0.3, 0.4) is 0 Å². The summed E-state index contributed by atoms with van der Waals surface area (Å²) in [6.07, 6.45) is 9.53. The molecule has 0 spiro atoms. The molecule has 0 heteroatoms. The Morgan fingerprint density at radius 2 is 0.579 bits per heavy atom. The van der Waals surface area contributed by atoms with E-state index in [2.05, 4.69) is 107 Å². The Morgan fingerprint density at radius 1 is 0.368 bits per heavy atom. The van der Waals surface area contributed by atoms with Gasteiger partial charge in [0, 0.05) is 0 Å². The minimum absolute atomic E-state index is 0.616. The normalized spacial score (nSPS) is 16.6. The molecule has 38 heavy (non-hydrogen) atoms. The molecular weight excluding hydrogens is 456 g/mol. The summed E-state index contributed by atoms with van der Waals surface area (Å²) in [5.41, 5.74) is 12.9. The van der Waals surface area contributed by atoms with Crippen LogP contribution < -0.4 is 0 Å². The highest BCUT2D eigenvalue weighted by molar-refractivity contribution is 5.47. The largest absolute Gasteiger partial charge is 0.0648 e. The lowest BCUT2D eigenvalue weighted by atomic mass is 9.77. The molecule has 0 saturated heterocycles. The van der Waals surface area contributed by atoms with Crippen molar-refractivity contribution in [3.63, 3.8) is 0 Å². The van der Waals surface area contributed by atoms with Crippen molar-refractivity contribution in [1.29, 1.82) is 0 Å². The van der Waals surface area contributed by atoms with Gasteiger partial charge >= 0.3 is 0 Å². The zero-order chi connectivity index (χ0) is 28.6. The Labute approximate surface area is 238 Å². The standard InChI is InChI=1S/C38H62/c1-13-25(7)33-21-31(22-34(26(8)14-2)37(33)29(11)17-5)19-20-32-23-35(27(9)15-3)38(30(12)18-6)36(24-32)28(10)16-4/h21-30H,13-20H2,1-12H3. The van der Waals surface area contributed by atoms with Crippen molar-refractivity contribution in [1.82, 2.24) is 0 Å². The van der Waals surface area contributed by atoms with Crippen LogP contribution in [0, 0.1) is 0 Å². The summed E-state index contributed by atoms with van der Waals surface area (Å²) < 4.78 is 0. The smallest absolute Gasteiger partial charge is 0.0187 e. The third-order valence-electron chi connectivity index (χ3n) is 10.1. The highest BCUT2D eigenvalue weighted by Crippen LogP contribution is 2.40. The maximum absolute atomic E-state index is 2.60. The zero-order valence-electron chi connectivity index (χ0n) is 27.4. The van der Waals surface area contributed by atoms with E-state index in [-0.39, 0.29) is 0 Å². The summed E-state index contributed by atoms with van der Waals surface area (Å²) in [4.78, 5) is 0. The number of aryl methyl sites for hydroxylation is 2. The SMILES string of the molecule is CCC(C)c1cc(CCc2cc(C(C)CC)c(C(C)CC)c(C(C)CC)c2)cc(C(C)CC)c1C(C)CC.